The molecular formula is C47H40Cl2Zr. The minimum absolute atomic E-state index is 0.134. The number of halogens is 2. The molecule has 0 bridgehead atoms. The Bertz CT molecular complexity index is 2170. The second kappa shape index (κ2) is 13.4. The van der Waals surface area contributed by atoms with Crippen LogP contribution in [0.4, 0.5) is 0 Å². The van der Waals surface area contributed by atoms with Gasteiger partial charge in [0.05, 0.1) is 0 Å². The second-order valence-electron chi connectivity index (χ2n) is 13.6. The van der Waals surface area contributed by atoms with Crippen LogP contribution in [0.2, 0.25) is 0 Å². The average molecular weight is 767 g/mol. The zero-order valence-electron chi connectivity index (χ0n) is 28.5. The van der Waals surface area contributed by atoms with Crippen molar-refractivity contribution in [3.63, 3.8) is 0 Å². The van der Waals surface area contributed by atoms with Gasteiger partial charge in [-0.3, -0.25) is 0 Å². The monoisotopic (exact) mass is 764 g/mol. The minimum atomic E-state index is -5.63. The standard InChI is InChI=1S/2C17H15.C13H10.2ClH.Zr/c2*1-2-13-11-15-9-6-10-16(17(15)12-13)14-7-4-3-5-8-14;1-3-7-12(8-4-1)11-13-9-5-2-6-10-13;;;/h2*3-12H,2H2,1H3;1-10H;2*1H;/q;;;;;+2/p-2. The molecule has 0 radical (unpaired) electrons. The van der Waals surface area contributed by atoms with Gasteiger partial charge in [-0.15, -0.1) is 0 Å². The molecule has 6 aromatic carbocycles. The molecule has 246 valence electrons. The van der Waals surface area contributed by atoms with Crippen molar-refractivity contribution in [3.05, 3.63) is 202 Å². The first-order chi connectivity index (χ1) is 24.4. The molecule has 0 spiro atoms. The van der Waals surface area contributed by atoms with Crippen molar-refractivity contribution in [1.29, 1.82) is 0 Å². The Morgan fingerprint density at radius 2 is 0.820 bits per heavy atom. The van der Waals surface area contributed by atoms with Crippen LogP contribution < -0.4 is 0 Å². The molecule has 50 heavy (non-hydrogen) atoms. The average Bonchev–Trinajstić information content (AvgIpc) is 3.77. The number of hydrogen-bond acceptors (Lipinski definition) is 0. The quantitative estimate of drug-likeness (QED) is 0.145. The van der Waals surface area contributed by atoms with Gasteiger partial charge in [0, 0.05) is 0 Å². The van der Waals surface area contributed by atoms with E-state index in [1.54, 1.807) is 0 Å². The van der Waals surface area contributed by atoms with E-state index in [2.05, 4.69) is 184 Å². The Hall–Kier alpha value is -3.87. The van der Waals surface area contributed by atoms with Crippen molar-refractivity contribution >= 4 is 32.4 Å². The molecule has 0 fully saturated rings. The Kier molecular flexibility index (Phi) is 8.89. The van der Waals surface area contributed by atoms with Gasteiger partial charge >= 0.3 is 307 Å². The molecule has 0 saturated heterocycles. The topological polar surface area (TPSA) is 0 Å². The predicted octanol–water partition coefficient (Wildman–Crippen LogP) is 13.7. The summed E-state index contributed by atoms with van der Waals surface area (Å²) >= 11 is -5.63. The summed E-state index contributed by atoms with van der Waals surface area (Å²) in [5.74, 6) is 0. The molecule has 3 heteroatoms. The molecule has 2 aliphatic rings. The maximum atomic E-state index is 9.10. The third-order valence-electron chi connectivity index (χ3n) is 10.9. The van der Waals surface area contributed by atoms with Gasteiger partial charge in [-0.25, -0.2) is 0 Å². The molecule has 0 saturated carbocycles. The molecule has 0 aliphatic heterocycles. The number of hydrogen-bond donors (Lipinski definition) is 0. The maximum absolute atomic E-state index is 9.10. The van der Waals surface area contributed by atoms with Gasteiger partial charge in [-0.05, 0) is 0 Å². The van der Waals surface area contributed by atoms with Crippen LogP contribution in [0.5, 0.6) is 0 Å². The van der Waals surface area contributed by atoms with E-state index in [-0.39, 0.29) is 7.25 Å². The van der Waals surface area contributed by atoms with Crippen molar-refractivity contribution in [3.8, 4) is 22.3 Å². The second-order valence-corrected chi connectivity index (χ2v) is 34.1. The zero-order valence-corrected chi connectivity index (χ0v) is 32.5. The first-order valence-electron chi connectivity index (χ1n) is 17.8. The normalized spacial score (nSPS) is 16.7. The fourth-order valence-electron chi connectivity index (χ4n) is 8.91. The summed E-state index contributed by atoms with van der Waals surface area (Å²) in [7, 11) is 18.2. The van der Waals surface area contributed by atoms with Crippen molar-refractivity contribution in [2.45, 2.75) is 33.9 Å². The predicted molar refractivity (Wildman–Crippen MR) is 214 cm³/mol. The zero-order chi connectivity index (χ0) is 34.3. The SMILES string of the molecule is CCC1=Cc2c(-c3ccccc3)cccc2[CH]1[Zr]([Cl])([Cl])(=[C](c1ccccc1)c1ccccc1)[CH]1C(CC)=Cc2c(-c3ccccc3)cccc21. The number of rotatable bonds is 8. The molecule has 0 heterocycles. The summed E-state index contributed by atoms with van der Waals surface area (Å²) in [6.45, 7) is 4.54. The Labute approximate surface area is 304 Å². The van der Waals surface area contributed by atoms with Crippen LogP contribution in [-0.2, 0) is 15.9 Å². The van der Waals surface area contributed by atoms with Crippen LogP contribution in [-0.4, -0.2) is 3.21 Å². The van der Waals surface area contributed by atoms with E-state index in [4.69, 9.17) is 17.0 Å². The van der Waals surface area contributed by atoms with E-state index >= 15 is 0 Å². The molecule has 8 rings (SSSR count). The van der Waals surface area contributed by atoms with E-state index in [1.807, 2.05) is 0 Å². The van der Waals surface area contributed by atoms with Crippen LogP contribution in [0.15, 0.2) is 169 Å². The van der Waals surface area contributed by atoms with Gasteiger partial charge in [0.1, 0.15) is 0 Å². The van der Waals surface area contributed by atoms with Crippen LogP contribution in [0.1, 0.15) is 67.3 Å². The first kappa shape index (κ1) is 33.3. The van der Waals surface area contributed by atoms with Crippen LogP contribution in [0.3, 0.4) is 0 Å². The van der Waals surface area contributed by atoms with Gasteiger partial charge in [0.15, 0.2) is 0 Å². The molecule has 0 N–H and O–H groups in total. The van der Waals surface area contributed by atoms with E-state index in [1.165, 1.54) is 55.7 Å². The van der Waals surface area contributed by atoms with Gasteiger partial charge in [-0.1, -0.05) is 0 Å². The molecule has 2 atom stereocenters. The third-order valence-corrected chi connectivity index (χ3v) is 30.7. The van der Waals surface area contributed by atoms with Crippen molar-refractivity contribution in [2.24, 2.45) is 0 Å². The summed E-state index contributed by atoms with van der Waals surface area (Å²) in [6, 6.07) is 56.6. The number of benzene rings is 6. The molecule has 0 nitrogen and oxygen atoms in total. The summed E-state index contributed by atoms with van der Waals surface area (Å²) in [4.78, 5) is 0. The Morgan fingerprint density at radius 1 is 0.460 bits per heavy atom. The van der Waals surface area contributed by atoms with Crippen molar-refractivity contribution < 1.29 is 15.9 Å². The van der Waals surface area contributed by atoms with Gasteiger partial charge in [0.25, 0.3) is 0 Å². The summed E-state index contributed by atoms with van der Waals surface area (Å²) < 4.78 is 0.871. The fraction of sp³-hybridized carbons (Fsp3) is 0.128. The molecule has 0 aromatic heterocycles. The van der Waals surface area contributed by atoms with Gasteiger partial charge in [-0.2, -0.15) is 0 Å². The molecule has 2 unspecified atom stereocenters. The first-order valence-corrected chi connectivity index (χ1v) is 28.2. The van der Waals surface area contributed by atoms with Crippen molar-refractivity contribution in [1.82, 2.24) is 0 Å². The van der Waals surface area contributed by atoms with E-state index in [9.17, 15) is 0 Å². The number of allylic oxidation sites excluding steroid dienone is 2. The van der Waals surface area contributed by atoms with E-state index in [0.717, 1.165) is 27.2 Å². The van der Waals surface area contributed by atoms with Gasteiger partial charge < -0.3 is 0 Å². The van der Waals surface area contributed by atoms with E-state index < -0.39 is 15.9 Å². The Morgan fingerprint density at radius 3 is 1.18 bits per heavy atom. The van der Waals surface area contributed by atoms with Crippen LogP contribution >= 0.6 is 17.0 Å². The summed E-state index contributed by atoms with van der Waals surface area (Å²) in [5, 5.41) is 0. The number of fused-ring (bicyclic) bond motifs is 2. The summed E-state index contributed by atoms with van der Waals surface area (Å²) in [5.41, 5.74) is 14.8. The van der Waals surface area contributed by atoms with Gasteiger partial charge in [0.2, 0.25) is 0 Å². The molecular weight excluding hydrogens is 727 g/mol. The van der Waals surface area contributed by atoms with Crippen LogP contribution in [0, 0.1) is 0 Å². The molecule has 0 amide bonds. The molecule has 2 aliphatic carbocycles. The fourth-order valence-corrected chi connectivity index (χ4v) is 32.2. The van der Waals surface area contributed by atoms with Crippen molar-refractivity contribution in [2.75, 3.05) is 0 Å². The van der Waals surface area contributed by atoms with E-state index in [0.29, 0.717) is 0 Å². The molecule has 6 aromatic rings. The third kappa shape index (κ3) is 5.33. The summed E-state index contributed by atoms with van der Waals surface area (Å²) in [6.07, 6.45) is 6.59. The van der Waals surface area contributed by atoms with Crippen LogP contribution in [0.25, 0.3) is 34.4 Å². The Balaban J connectivity index is 1.53.